The molecule has 1 unspecified atom stereocenters. The SMILES string of the molecule is CCC(CC)(c1ccccc1)C(O)Cc1ccc(Cl)cc1. The number of aliphatic hydroxyl groups is 1. The van der Waals surface area contributed by atoms with Gasteiger partial charge in [0, 0.05) is 10.4 Å². The van der Waals surface area contributed by atoms with Crippen LogP contribution in [0.3, 0.4) is 0 Å². The average Bonchev–Trinajstić information content (AvgIpc) is 2.52. The van der Waals surface area contributed by atoms with Gasteiger partial charge in [-0.1, -0.05) is 67.9 Å². The molecule has 0 radical (unpaired) electrons. The van der Waals surface area contributed by atoms with E-state index in [9.17, 15) is 5.11 Å². The first kappa shape index (κ1) is 16.1. The van der Waals surface area contributed by atoms with E-state index >= 15 is 0 Å². The molecule has 0 fully saturated rings. The van der Waals surface area contributed by atoms with Gasteiger partial charge in [-0.05, 0) is 42.5 Å². The fourth-order valence-electron chi connectivity index (χ4n) is 3.13. The van der Waals surface area contributed by atoms with E-state index in [0.29, 0.717) is 6.42 Å². The molecule has 2 aromatic rings. The highest BCUT2D eigenvalue weighted by atomic mass is 35.5. The van der Waals surface area contributed by atoms with Crippen molar-refractivity contribution in [2.45, 2.75) is 44.6 Å². The smallest absolute Gasteiger partial charge is 0.0676 e. The van der Waals surface area contributed by atoms with Crippen molar-refractivity contribution in [3.63, 3.8) is 0 Å². The second-order valence-electron chi connectivity index (χ2n) is 5.58. The molecule has 0 aliphatic heterocycles. The monoisotopic (exact) mass is 302 g/mol. The number of hydrogen-bond acceptors (Lipinski definition) is 1. The number of halogens is 1. The number of aliphatic hydroxyl groups excluding tert-OH is 1. The number of hydrogen-bond donors (Lipinski definition) is 1. The Balaban J connectivity index is 2.27. The standard InChI is InChI=1S/C19H23ClO/c1-3-19(4-2,16-8-6-5-7-9-16)18(21)14-15-10-12-17(20)13-11-15/h5-13,18,21H,3-4,14H2,1-2H3. The van der Waals surface area contributed by atoms with Gasteiger partial charge >= 0.3 is 0 Å². The van der Waals surface area contributed by atoms with Crippen LogP contribution < -0.4 is 0 Å². The fraction of sp³-hybridized carbons (Fsp3) is 0.368. The summed E-state index contributed by atoms with van der Waals surface area (Å²) >= 11 is 5.93. The van der Waals surface area contributed by atoms with Gasteiger partial charge < -0.3 is 5.11 Å². The Morgan fingerprint density at radius 1 is 0.952 bits per heavy atom. The van der Waals surface area contributed by atoms with Crippen LogP contribution in [0.25, 0.3) is 0 Å². The van der Waals surface area contributed by atoms with Crippen LogP contribution in [0, 0.1) is 0 Å². The van der Waals surface area contributed by atoms with Gasteiger partial charge in [-0.3, -0.25) is 0 Å². The fourth-order valence-corrected chi connectivity index (χ4v) is 3.26. The summed E-state index contributed by atoms with van der Waals surface area (Å²) in [6, 6.07) is 18.1. The average molecular weight is 303 g/mol. The second kappa shape index (κ2) is 7.11. The highest BCUT2D eigenvalue weighted by molar-refractivity contribution is 6.30. The summed E-state index contributed by atoms with van der Waals surface area (Å²) in [6.45, 7) is 4.31. The van der Waals surface area contributed by atoms with Crippen molar-refractivity contribution in [1.82, 2.24) is 0 Å². The van der Waals surface area contributed by atoms with Crippen LogP contribution >= 0.6 is 11.6 Å². The first-order chi connectivity index (χ1) is 10.1. The minimum Gasteiger partial charge on any atom is -0.392 e. The van der Waals surface area contributed by atoms with E-state index < -0.39 is 6.10 Å². The Morgan fingerprint density at radius 3 is 2.05 bits per heavy atom. The van der Waals surface area contributed by atoms with E-state index in [1.54, 1.807) is 0 Å². The molecule has 0 bridgehead atoms. The van der Waals surface area contributed by atoms with Crippen LogP contribution in [-0.4, -0.2) is 11.2 Å². The molecule has 0 aliphatic carbocycles. The molecule has 0 heterocycles. The van der Waals surface area contributed by atoms with Crippen LogP contribution in [0.5, 0.6) is 0 Å². The third kappa shape index (κ3) is 3.48. The molecule has 1 atom stereocenters. The van der Waals surface area contributed by atoms with E-state index in [1.807, 2.05) is 42.5 Å². The van der Waals surface area contributed by atoms with Gasteiger partial charge in [0.05, 0.1) is 6.10 Å². The Hall–Kier alpha value is -1.31. The molecule has 0 amide bonds. The molecule has 0 spiro atoms. The molecule has 0 aliphatic rings. The van der Waals surface area contributed by atoms with Crippen LogP contribution in [-0.2, 0) is 11.8 Å². The minimum absolute atomic E-state index is 0.194. The summed E-state index contributed by atoms with van der Waals surface area (Å²) in [7, 11) is 0. The van der Waals surface area contributed by atoms with Crippen molar-refractivity contribution in [3.8, 4) is 0 Å². The van der Waals surface area contributed by atoms with Gasteiger partial charge in [0.2, 0.25) is 0 Å². The molecule has 2 rings (SSSR count). The first-order valence-electron chi connectivity index (χ1n) is 7.60. The van der Waals surface area contributed by atoms with Crippen LogP contribution in [0.15, 0.2) is 54.6 Å². The predicted molar refractivity (Wildman–Crippen MR) is 89.9 cm³/mol. The minimum atomic E-state index is -0.406. The van der Waals surface area contributed by atoms with Crippen LogP contribution in [0.1, 0.15) is 37.8 Å². The molecular weight excluding hydrogens is 280 g/mol. The number of rotatable bonds is 6. The molecule has 0 aromatic heterocycles. The van der Waals surface area contributed by atoms with Gasteiger partial charge in [-0.2, -0.15) is 0 Å². The lowest BCUT2D eigenvalue weighted by Gasteiger charge is -2.37. The summed E-state index contributed by atoms with van der Waals surface area (Å²) in [5.74, 6) is 0. The van der Waals surface area contributed by atoms with E-state index in [-0.39, 0.29) is 5.41 Å². The molecule has 2 heteroatoms. The highest BCUT2D eigenvalue weighted by Gasteiger charge is 2.36. The maximum Gasteiger partial charge on any atom is 0.0676 e. The van der Waals surface area contributed by atoms with E-state index in [1.165, 1.54) is 5.56 Å². The van der Waals surface area contributed by atoms with Crippen LogP contribution in [0.4, 0.5) is 0 Å². The third-order valence-electron chi connectivity index (χ3n) is 4.59. The molecule has 0 saturated carbocycles. The van der Waals surface area contributed by atoms with Crippen molar-refractivity contribution in [2.75, 3.05) is 0 Å². The summed E-state index contributed by atoms with van der Waals surface area (Å²) < 4.78 is 0. The summed E-state index contributed by atoms with van der Waals surface area (Å²) in [4.78, 5) is 0. The zero-order valence-corrected chi connectivity index (χ0v) is 13.5. The molecule has 2 aromatic carbocycles. The maximum atomic E-state index is 10.9. The zero-order chi connectivity index (χ0) is 15.3. The van der Waals surface area contributed by atoms with Crippen molar-refractivity contribution in [3.05, 3.63) is 70.7 Å². The molecule has 21 heavy (non-hydrogen) atoms. The van der Waals surface area contributed by atoms with Crippen molar-refractivity contribution in [1.29, 1.82) is 0 Å². The Kier molecular flexibility index (Phi) is 5.44. The Bertz CT molecular complexity index is 544. The number of benzene rings is 2. The largest absolute Gasteiger partial charge is 0.392 e. The maximum absolute atomic E-state index is 10.9. The summed E-state index contributed by atoms with van der Waals surface area (Å²) in [5, 5.41) is 11.6. The van der Waals surface area contributed by atoms with E-state index in [4.69, 9.17) is 11.6 Å². The lowest BCUT2D eigenvalue weighted by atomic mass is 9.70. The van der Waals surface area contributed by atoms with Gasteiger partial charge in [0.1, 0.15) is 0 Å². The van der Waals surface area contributed by atoms with E-state index in [2.05, 4.69) is 26.0 Å². The van der Waals surface area contributed by atoms with Gasteiger partial charge in [0.25, 0.3) is 0 Å². The zero-order valence-electron chi connectivity index (χ0n) is 12.7. The Morgan fingerprint density at radius 2 is 1.52 bits per heavy atom. The van der Waals surface area contributed by atoms with Crippen molar-refractivity contribution < 1.29 is 5.11 Å². The summed E-state index contributed by atoms with van der Waals surface area (Å²) in [5.41, 5.74) is 2.14. The van der Waals surface area contributed by atoms with E-state index in [0.717, 1.165) is 23.4 Å². The molecule has 1 N–H and O–H groups in total. The molecule has 112 valence electrons. The quantitative estimate of drug-likeness (QED) is 0.796. The van der Waals surface area contributed by atoms with Gasteiger partial charge in [-0.25, -0.2) is 0 Å². The molecule has 0 saturated heterocycles. The first-order valence-corrected chi connectivity index (χ1v) is 7.98. The molecular formula is C19H23ClO. The lowest BCUT2D eigenvalue weighted by molar-refractivity contribution is 0.0734. The Labute approximate surface area is 132 Å². The second-order valence-corrected chi connectivity index (χ2v) is 6.01. The van der Waals surface area contributed by atoms with Crippen LogP contribution in [0.2, 0.25) is 5.02 Å². The summed E-state index contributed by atoms with van der Waals surface area (Å²) in [6.07, 6.45) is 2.08. The van der Waals surface area contributed by atoms with Gasteiger partial charge in [-0.15, -0.1) is 0 Å². The highest BCUT2D eigenvalue weighted by Crippen LogP contribution is 2.36. The predicted octanol–water partition coefficient (Wildman–Crippen LogP) is 5.00. The topological polar surface area (TPSA) is 20.2 Å². The van der Waals surface area contributed by atoms with Crippen molar-refractivity contribution in [2.24, 2.45) is 0 Å². The van der Waals surface area contributed by atoms with Crippen molar-refractivity contribution >= 4 is 11.6 Å². The molecule has 1 nitrogen and oxygen atoms in total. The van der Waals surface area contributed by atoms with Gasteiger partial charge in [0.15, 0.2) is 0 Å². The lowest BCUT2D eigenvalue weighted by Crippen LogP contribution is -2.40. The normalized spacial score (nSPS) is 13.1. The third-order valence-corrected chi connectivity index (χ3v) is 4.84.